The average Bonchev–Trinajstić information content (AvgIpc) is 2.25. The van der Waals surface area contributed by atoms with Gasteiger partial charge < -0.3 is 15.6 Å². The molecular formula is C10H13N3O3. The summed E-state index contributed by atoms with van der Waals surface area (Å²) in [5.41, 5.74) is 7.89. The lowest BCUT2D eigenvalue weighted by atomic mass is 10.1. The summed E-state index contributed by atoms with van der Waals surface area (Å²) in [6, 6.07) is 4.01. The maximum atomic E-state index is 10.4. The van der Waals surface area contributed by atoms with Crippen LogP contribution in [0.3, 0.4) is 0 Å². The summed E-state index contributed by atoms with van der Waals surface area (Å²) < 4.78 is 4.94. The highest BCUT2D eigenvalue weighted by atomic mass is 16.5. The molecule has 0 unspecified atom stereocenters. The Morgan fingerprint density at radius 3 is 2.75 bits per heavy atom. The third kappa shape index (κ3) is 2.88. The van der Waals surface area contributed by atoms with E-state index in [1.54, 1.807) is 19.1 Å². The lowest BCUT2D eigenvalue weighted by molar-refractivity contribution is 0.249. The van der Waals surface area contributed by atoms with Gasteiger partial charge in [0.15, 0.2) is 0 Å². The van der Waals surface area contributed by atoms with Crippen molar-refractivity contribution in [3.05, 3.63) is 23.8 Å². The number of methoxy groups -OCH3 is 1. The van der Waals surface area contributed by atoms with Crippen molar-refractivity contribution in [3.8, 4) is 11.5 Å². The molecule has 0 aliphatic rings. The molecule has 1 aromatic carbocycles. The van der Waals surface area contributed by atoms with Gasteiger partial charge in [0.05, 0.1) is 12.8 Å². The molecule has 0 spiro atoms. The molecule has 0 fully saturated rings. The Morgan fingerprint density at radius 1 is 1.56 bits per heavy atom. The number of primary amides is 1. The first-order valence-corrected chi connectivity index (χ1v) is 4.51. The number of nitrogens with two attached hydrogens (primary N) is 1. The first kappa shape index (κ1) is 11.8. The van der Waals surface area contributed by atoms with Crippen LogP contribution in [-0.2, 0) is 0 Å². The summed E-state index contributed by atoms with van der Waals surface area (Å²) in [5, 5.41) is 13.4. The molecule has 0 saturated carbocycles. The topological polar surface area (TPSA) is 96.9 Å². The number of rotatable bonds is 3. The van der Waals surface area contributed by atoms with E-state index in [0.717, 1.165) is 0 Å². The van der Waals surface area contributed by atoms with E-state index in [1.807, 2.05) is 0 Å². The van der Waals surface area contributed by atoms with Crippen LogP contribution in [0.2, 0.25) is 0 Å². The van der Waals surface area contributed by atoms with Crippen LogP contribution in [0.1, 0.15) is 12.5 Å². The Hall–Kier alpha value is -2.24. The van der Waals surface area contributed by atoms with E-state index in [2.05, 4.69) is 10.5 Å². The molecule has 0 heterocycles. The second kappa shape index (κ2) is 5.01. The van der Waals surface area contributed by atoms with E-state index in [0.29, 0.717) is 17.0 Å². The van der Waals surface area contributed by atoms with Gasteiger partial charge in [-0.2, -0.15) is 5.10 Å². The minimum atomic E-state index is -0.757. The summed E-state index contributed by atoms with van der Waals surface area (Å²) in [4.78, 5) is 10.4. The number of benzene rings is 1. The number of aromatic hydroxyl groups is 1. The van der Waals surface area contributed by atoms with Crippen LogP contribution in [0.4, 0.5) is 4.79 Å². The van der Waals surface area contributed by atoms with Gasteiger partial charge in [0, 0.05) is 11.6 Å². The molecule has 86 valence electrons. The molecule has 16 heavy (non-hydrogen) atoms. The second-order valence-electron chi connectivity index (χ2n) is 3.06. The fraction of sp³-hybridized carbons (Fsp3) is 0.200. The van der Waals surface area contributed by atoms with Crippen LogP contribution in [0, 0.1) is 0 Å². The zero-order valence-corrected chi connectivity index (χ0v) is 9.02. The van der Waals surface area contributed by atoms with Crippen molar-refractivity contribution in [1.82, 2.24) is 5.43 Å². The zero-order chi connectivity index (χ0) is 12.1. The molecule has 0 aromatic heterocycles. The fourth-order valence-electron chi connectivity index (χ4n) is 1.14. The van der Waals surface area contributed by atoms with Gasteiger partial charge in [0.25, 0.3) is 0 Å². The van der Waals surface area contributed by atoms with E-state index < -0.39 is 6.03 Å². The molecule has 0 aliphatic heterocycles. The van der Waals surface area contributed by atoms with Crippen molar-refractivity contribution in [2.24, 2.45) is 10.8 Å². The number of carbonyl (C=O) groups is 1. The Kier molecular flexibility index (Phi) is 3.71. The summed E-state index contributed by atoms with van der Waals surface area (Å²) in [7, 11) is 1.50. The van der Waals surface area contributed by atoms with Crippen LogP contribution >= 0.6 is 0 Å². The highest BCUT2D eigenvalue weighted by molar-refractivity contribution is 6.01. The highest BCUT2D eigenvalue weighted by Crippen LogP contribution is 2.23. The molecule has 1 rings (SSSR count). The molecule has 6 heteroatoms. The van der Waals surface area contributed by atoms with Crippen molar-refractivity contribution in [2.45, 2.75) is 6.92 Å². The van der Waals surface area contributed by atoms with Crippen molar-refractivity contribution >= 4 is 11.7 Å². The Morgan fingerprint density at radius 2 is 2.25 bits per heavy atom. The number of carbonyl (C=O) groups excluding carboxylic acids is 1. The van der Waals surface area contributed by atoms with Crippen LogP contribution in [-0.4, -0.2) is 24.0 Å². The molecule has 0 aliphatic carbocycles. The normalized spacial score (nSPS) is 11.0. The monoisotopic (exact) mass is 223 g/mol. The minimum absolute atomic E-state index is 0.0203. The van der Waals surface area contributed by atoms with E-state index in [1.165, 1.54) is 13.2 Å². The third-order valence-electron chi connectivity index (χ3n) is 1.93. The Balaban J connectivity index is 2.95. The van der Waals surface area contributed by atoms with E-state index in [9.17, 15) is 9.90 Å². The first-order valence-electron chi connectivity index (χ1n) is 4.51. The molecule has 0 saturated heterocycles. The number of nitrogens with one attached hydrogen (secondary N) is 1. The zero-order valence-electron chi connectivity index (χ0n) is 9.02. The van der Waals surface area contributed by atoms with Crippen molar-refractivity contribution < 1.29 is 14.6 Å². The van der Waals surface area contributed by atoms with Crippen LogP contribution in [0.5, 0.6) is 11.5 Å². The summed E-state index contributed by atoms with van der Waals surface area (Å²) >= 11 is 0. The van der Waals surface area contributed by atoms with Crippen LogP contribution < -0.4 is 15.9 Å². The van der Waals surface area contributed by atoms with Gasteiger partial charge in [-0.15, -0.1) is 0 Å². The molecule has 1 aromatic rings. The number of hydrogen-bond acceptors (Lipinski definition) is 4. The minimum Gasteiger partial charge on any atom is -0.507 e. The maximum absolute atomic E-state index is 10.4. The number of phenols is 1. The SMILES string of the molecule is COc1ccc(C(C)=NNC(N)=O)c(O)c1. The maximum Gasteiger partial charge on any atom is 0.332 e. The van der Waals surface area contributed by atoms with Gasteiger partial charge in [-0.3, -0.25) is 0 Å². The summed E-state index contributed by atoms with van der Waals surface area (Å²) in [6.45, 7) is 1.64. The van der Waals surface area contributed by atoms with Crippen LogP contribution in [0.15, 0.2) is 23.3 Å². The lowest BCUT2D eigenvalue weighted by Crippen LogP contribution is -2.25. The third-order valence-corrected chi connectivity index (χ3v) is 1.93. The second-order valence-corrected chi connectivity index (χ2v) is 3.06. The van der Waals surface area contributed by atoms with Gasteiger partial charge in [-0.05, 0) is 19.1 Å². The highest BCUT2D eigenvalue weighted by Gasteiger charge is 2.06. The number of nitrogens with zero attached hydrogens (tertiary/aromatic N) is 1. The number of amides is 2. The Labute approximate surface area is 92.7 Å². The van der Waals surface area contributed by atoms with Gasteiger partial charge in [-0.25, -0.2) is 10.2 Å². The fourth-order valence-corrected chi connectivity index (χ4v) is 1.14. The molecule has 0 bridgehead atoms. The van der Waals surface area contributed by atoms with E-state index in [-0.39, 0.29) is 5.75 Å². The van der Waals surface area contributed by atoms with Crippen LogP contribution in [0.25, 0.3) is 0 Å². The van der Waals surface area contributed by atoms with E-state index >= 15 is 0 Å². The standard InChI is InChI=1S/C10H13N3O3/c1-6(12-13-10(11)15)8-4-3-7(16-2)5-9(8)14/h3-5,14H,1-2H3,(H3,11,13,15). The predicted octanol–water partition coefficient (Wildman–Crippen LogP) is 0.793. The number of hydrazone groups is 1. The number of urea groups is 1. The molecular weight excluding hydrogens is 210 g/mol. The van der Waals surface area contributed by atoms with E-state index in [4.69, 9.17) is 10.5 Å². The van der Waals surface area contributed by atoms with Gasteiger partial charge >= 0.3 is 6.03 Å². The molecule has 4 N–H and O–H groups in total. The van der Waals surface area contributed by atoms with Gasteiger partial charge in [0.2, 0.25) is 0 Å². The molecule has 0 atom stereocenters. The molecule has 2 amide bonds. The number of hydrogen-bond donors (Lipinski definition) is 3. The average molecular weight is 223 g/mol. The van der Waals surface area contributed by atoms with Crippen molar-refractivity contribution in [3.63, 3.8) is 0 Å². The predicted molar refractivity (Wildman–Crippen MR) is 59.6 cm³/mol. The molecule has 0 radical (unpaired) electrons. The number of ether oxygens (including phenoxy) is 1. The lowest BCUT2D eigenvalue weighted by Gasteiger charge is -2.06. The quantitative estimate of drug-likeness (QED) is 0.522. The van der Waals surface area contributed by atoms with Crippen molar-refractivity contribution in [2.75, 3.05) is 7.11 Å². The molecule has 6 nitrogen and oxygen atoms in total. The number of phenolic OH excluding ortho intramolecular Hbond substituents is 1. The van der Waals surface area contributed by atoms with Gasteiger partial charge in [0.1, 0.15) is 11.5 Å². The first-order chi connectivity index (χ1) is 7.54. The largest absolute Gasteiger partial charge is 0.507 e. The van der Waals surface area contributed by atoms with Gasteiger partial charge in [-0.1, -0.05) is 0 Å². The Bertz CT molecular complexity index is 429. The summed E-state index contributed by atoms with van der Waals surface area (Å²) in [6.07, 6.45) is 0. The van der Waals surface area contributed by atoms with Crippen molar-refractivity contribution in [1.29, 1.82) is 0 Å². The summed E-state index contributed by atoms with van der Waals surface area (Å²) in [5.74, 6) is 0.559. The smallest absolute Gasteiger partial charge is 0.332 e.